The quantitative estimate of drug-likeness (QED) is 0.875. The van der Waals surface area contributed by atoms with Crippen molar-refractivity contribution in [1.82, 2.24) is 10.3 Å². The Bertz CT molecular complexity index is 566. The first-order valence-corrected chi connectivity index (χ1v) is 6.24. The Morgan fingerprint density at radius 3 is 3.06 bits per heavy atom. The number of nitrogens with one attached hydrogen (secondary N) is 1. The van der Waals surface area contributed by atoms with Crippen LogP contribution < -0.4 is 5.32 Å². The van der Waals surface area contributed by atoms with Crippen LogP contribution in [-0.4, -0.2) is 11.5 Å². The zero-order valence-electron chi connectivity index (χ0n) is 10.1. The lowest BCUT2D eigenvalue weighted by Crippen LogP contribution is -2.24. The Hall–Kier alpha value is -1.74. The fourth-order valence-corrected chi connectivity index (χ4v) is 2.35. The molecule has 1 aromatic heterocycles. The monoisotopic (exact) mass is 242 g/mol. The maximum Gasteiger partial charge on any atom is 0.126 e. The minimum absolute atomic E-state index is 0.145. The molecular weight excluding hydrogens is 227 g/mol. The fraction of sp³-hybridized carbons (Fsp3) is 0.267. The van der Waals surface area contributed by atoms with Crippen LogP contribution in [0, 0.1) is 5.82 Å². The first kappa shape index (κ1) is 11.4. The van der Waals surface area contributed by atoms with Gasteiger partial charge in [0.1, 0.15) is 5.82 Å². The molecule has 1 aliphatic heterocycles. The van der Waals surface area contributed by atoms with Crippen LogP contribution in [-0.2, 0) is 19.4 Å². The van der Waals surface area contributed by atoms with Gasteiger partial charge in [0.05, 0.1) is 0 Å². The first-order chi connectivity index (χ1) is 8.83. The number of nitrogens with zero attached hydrogens (tertiary/aromatic N) is 1. The standard InChI is InChI=1S/C15H15FN2/c16-14-4-2-1-3-12(14)7-11-8-13-10-17-6-5-15(13)18-9-11/h1-4,8-9,17H,5-7,10H2. The van der Waals surface area contributed by atoms with Crippen LogP contribution >= 0.6 is 0 Å². The van der Waals surface area contributed by atoms with Gasteiger partial charge in [-0.05, 0) is 22.8 Å². The second-order valence-electron chi connectivity index (χ2n) is 4.64. The minimum Gasteiger partial charge on any atom is -0.312 e. The normalized spacial score (nSPS) is 14.3. The Balaban J connectivity index is 1.87. The van der Waals surface area contributed by atoms with Gasteiger partial charge >= 0.3 is 0 Å². The lowest BCUT2D eigenvalue weighted by molar-refractivity contribution is 0.612. The zero-order valence-corrected chi connectivity index (χ0v) is 10.1. The SMILES string of the molecule is Fc1ccccc1Cc1cnc2c(c1)CNCC2. The summed E-state index contributed by atoms with van der Waals surface area (Å²) in [6.07, 6.45) is 3.46. The van der Waals surface area contributed by atoms with Crippen LogP contribution in [0.25, 0.3) is 0 Å². The number of rotatable bonds is 2. The highest BCUT2D eigenvalue weighted by molar-refractivity contribution is 5.31. The van der Waals surface area contributed by atoms with E-state index in [1.54, 1.807) is 6.07 Å². The third-order valence-electron chi connectivity index (χ3n) is 3.32. The van der Waals surface area contributed by atoms with E-state index in [2.05, 4.69) is 16.4 Å². The van der Waals surface area contributed by atoms with E-state index in [-0.39, 0.29) is 5.82 Å². The zero-order chi connectivity index (χ0) is 12.4. The highest BCUT2D eigenvalue weighted by Crippen LogP contribution is 2.17. The van der Waals surface area contributed by atoms with Gasteiger partial charge in [0.2, 0.25) is 0 Å². The van der Waals surface area contributed by atoms with Gasteiger partial charge in [0, 0.05) is 37.8 Å². The Kier molecular flexibility index (Phi) is 3.07. The molecule has 0 spiro atoms. The molecule has 1 N–H and O–H groups in total. The summed E-state index contributed by atoms with van der Waals surface area (Å²) in [5, 5.41) is 3.33. The van der Waals surface area contributed by atoms with Gasteiger partial charge in [-0.25, -0.2) is 4.39 Å². The molecule has 2 nitrogen and oxygen atoms in total. The molecule has 0 amide bonds. The summed E-state index contributed by atoms with van der Waals surface area (Å²) in [7, 11) is 0. The summed E-state index contributed by atoms with van der Waals surface area (Å²) in [6.45, 7) is 1.86. The summed E-state index contributed by atoms with van der Waals surface area (Å²) in [6, 6.07) is 9.05. The molecule has 0 saturated carbocycles. The molecule has 1 aromatic carbocycles. The topological polar surface area (TPSA) is 24.9 Å². The summed E-state index contributed by atoms with van der Waals surface area (Å²) in [4.78, 5) is 4.48. The van der Waals surface area contributed by atoms with Gasteiger partial charge in [0.25, 0.3) is 0 Å². The van der Waals surface area contributed by atoms with Gasteiger partial charge in [-0.15, -0.1) is 0 Å². The molecule has 2 aromatic rings. The molecule has 2 heterocycles. The van der Waals surface area contributed by atoms with E-state index >= 15 is 0 Å². The van der Waals surface area contributed by atoms with Crippen molar-refractivity contribution >= 4 is 0 Å². The summed E-state index contributed by atoms with van der Waals surface area (Å²) >= 11 is 0. The predicted molar refractivity (Wildman–Crippen MR) is 68.9 cm³/mol. The molecule has 0 bridgehead atoms. The minimum atomic E-state index is -0.145. The third kappa shape index (κ3) is 2.27. The van der Waals surface area contributed by atoms with Crippen LogP contribution in [0.15, 0.2) is 36.5 Å². The molecule has 0 radical (unpaired) electrons. The molecule has 3 rings (SSSR count). The number of benzene rings is 1. The van der Waals surface area contributed by atoms with Crippen molar-refractivity contribution < 1.29 is 4.39 Å². The summed E-state index contributed by atoms with van der Waals surface area (Å²) < 4.78 is 13.6. The first-order valence-electron chi connectivity index (χ1n) is 6.24. The highest BCUT2D eigenvalue weighted by atomic mass is 19.1. The largest absolute Gasteiger partial charge is 0.312 e. The van der Waals surface area contributed by atoms with Crippen LogP contribution in [0.5, 0.6) is 0 Å². The number of halogens is 1. The van der Waals surface area contributed by atoms with Gasteiger partial charge in [-0.1, -0.05) is 24.3 Å². The molecule has 0 unspecified atom stereocenters. The fourth-order valence-electron chi connectivity index (χ4n) is 2.35. The Morgan fingerprint density at radius 1 is 1.28 bits per heavy atom. The predicted octanol–water partition coefficient (Wildman–Crippen LogP) is 2.46. The van der Waals surface area contributed by atoms with Crippen molar-refractivity contribution in [2.45, 2.75) is 19.4 Å². The van der Waals surface area contributed by atoms with Crippen molar-refractivity contribution in [2.24, 2.45) is 0 Å². The van der Waals surface area contributed by atoms with E-state index in [0.717, 1.165) is 30.6 Å². The Morgan fingerprint density at radius 2 is 2.17 bits per heavy atom. The van der Waals surface area contributed by atoms with E-state index in [0.29, 0.717) is 6.42 Å². The van der Waals surface area contributed by atoms with Gasteiger partial charge in [0.15, 0.2) is 0 Å². The van der Waals surface area contributed by atoms with Crippen molar-refractivity contribution in [3.63, 3.8) is 0 Å². The van der Waals surface area contributed by atoms with Crippen molar-refractivity contribution in [1.29, 1.82) is 0 Å². The number of aromatic nitrogens is 1. The van der Waals surface area contributed by atoms with Crippen molar-refractivity contribution in [3.05, 3.63) is 64.7 Å². The summed E-state index contributed by atoms with van der Waals surface area (Å²) in [5.74, 6) is -0.145. The number of pyridine rings is 1. The lowest BCUT2D eigenvalue weighted by Gasteiger charge is -2.16. The van der Waals surface area contributed by atoms with Crippen LogP contribution in [0.3, 0.4) is 0 Å². The summed E-state index contributed by atoms with van der Waals surface area (Å²) in [5.41, 5.74) is 4.21. The lowest BCUT2D eigenvalue weighted by atomic mass is 10.0. The molecular formula is C15H15FN2. The van der Waals surface area contributed by atoms with Crippen LogP contribution in [0.2, 0.25) is 0 Å². The van der Waals surface area contributed by atoms with Crippen LogP contribution in [0.1, 0.15) is 22.4 Å². The average Bonchev–Trinajstić information content (AvgIpc) is 2.41. The number of fused-ring (bicyclic) bond motifs is 1. The second kappa shape index (κ2) is 4.86. The maximum absolute atomic E-state index is 13.6. The third-order valence-corrected chi connectivity index (χ3v) is 3.32. The highest BCUT2D eigenvalue weighted by Gasteiger charge is 2.11. The van der Waals surface area contributed by atoms with Crippen molar-refractivity contribution in [3.8, 4) is 0 Å². The molecule has 0 fully saturated rings. The number of hydrogen-bond acceptors (Lipinski definition) is 2. The van der Waals surface area contributed by atoms with Gasteiger partial charge in [-0.2, -0.15) is 0 Å². The smallest absolute Gasteiger partial charge is 0.126 e. The average molecular weight is 242 g/mol. The second-order valence-corrected chi connectivity index (χ2v) is 4.64. The van der Waals surface area contributed by atoms with E-state index in [4.69, 9.17) is 0 Å². The van der Waals surface area contributed by atoms with E-state index in [1.807, 2.05) is 18.3 Å². The molecule has 18 heavy (non-hydrogen) atoms. The maximum atomic E-state index is 13.6. The van der Waals surface area contributed by atoms with Gasteiger partial charge in [-0.3, -0.25) is 4.98 Å². The van der Waals surface area contributed by atoms with Gasteiger partial charge < -0.3 is 5.32 Å². The van der Waals surface area contributed by atoms with E-state index < -0.39 is 0 Å². The molecule has 92 valence electrons. The molecule has 1 aliphatic rings. The van der Waals surface area contributed by atoms with E-state index in [1.165, 1.54) is 17.3 Å². The molecule has 0 saturated heterocycles. The van der Waals surface area contributed by atoms with E-state index in [9.17, 15) is 4.39 Å². The molecule has 0 aliphatic carbocycles. The Labute approximate surface area is 106 Å². The molecule has 0 atom stereocenters. The number of hydrogen-bond donors (Lipinski definition) is 1. The van der Waals surface area contributed by atoms with Crippen molar-refractivity contribution in [2.75, 3.05) is 6.54 Å². The molecule has 3 heteroatoms. The van der Waals surface area contributed by atoms with Crippen LogP contribution in [0.4, 0.5) is 4.39 Å².